The smallest absolute Gasteiger partial charge is 0.267 e. The number of nitrogens with zero attached hydrogens (tertiary/aromatic N) is 4. The van der Waals surface area contributed by atoms with Crippen molar-refractivity contribution >= 4 is 22.6 Å². The Labute approximate surface area is 182 Å². The van der Waals surface area contributed by atoms with E-state index < -0.39 is 5.91 Å². The summed E-state index contributed by atoms with van der Waals surface area (Å²) >= 11 is 0. The highest BCUT2D eigenvalue weighted by Crippen LogP contribution is 2.15. The quantitative estimate of drug-likeness (QED) is 0.479. The van der Waals surface area contributed by atoms with Gasteiger partial charge in [-0.3, -0.25) is 24.4 Å². The lowest BCUT2D eigenvalue weighted by Gasteiger charge is -2.16. The Morgan fingerprint density at radius 2 is 2.19 bits per heavy atom. The highest BCUT2D eigenvalue weighted by atomic mass is 16.5. The molecule has 2 N–H and O–H groups in total. The largest absolute Gasteiger partial charge is 0.359 e. The van der Waals surface area contributed by atoms with Gasteiger partial charge in [0, 0.05) is 25.2 Å². The number of hydrogen-bond acceptors (Lipinski definition) is 6. The Balaban J connectivity index is 1.76. The predicted molar refractivity (Wildman–Crippen MR) is 117 cm³/mol. The van der Waals surface area contributed by atoms with Crippen LogP contribution in [0.2, 0.25) is 0 Å². The lowest BCUT2D eigenvalue weighted by molar-refractivity contribution is 0.0638. The molecule has 1 atom stereocenters. The molecule has 0 radical (unpaired) electrons. The molecular weight excluding hydrogens is 408 g/mol. The number of carbonyl (C=O) groups excluding carboxylic acids is 1. The second-order valence-corrected chi connectivity index (χ2v) is 7.87. The first-order valence-electron chi connectivity index (χ1n) is 10.4. The molecule has 1 saturated heterocycles. The Morgan fingerprint density at radius 1 is 1.31 bits per heavy atom. The van der Waals surface area contributed by atoms with Crippen LogP contribution in [0.3, 0.4) is 0 Å². The lowest BCUT2D eigenvalue weighted by Crippen LogP contribution is -2.39. The Morgan fingerprint density at radius 3 is 2.94 bits per heavy atom. The van der Waals surface area contributed by atoms with Crippen LogP contribution in [0.1, 0.15) is 34.3 Å². The van der Waals surface area contributed by atoms with Crippen LogP contribution in [0.5, 0.6) is 0 Å². The number of amides is 1. The summed E-state index contributed by atoms with van der Waals surface area (Å²) in [5.41, 5.74) is 2.32. The minimum atomic E-state index is -0.447. The van der Waals surface area contributed by atoms with Crippen LogP contribution in [0.15, 0.2) is 53.7 Å². The molecule has 1 aliphatic heterocycles. The SMILES string of the molecule is Cc1cccn2c(=O)c3cc(C(=O)NC4CCCO4)c(=N)n(Cc4cccnc4)c3nc12. The topological polar surface area (TPSA) is 114 Å². The third-order valence-corrected chi connectivity index (χ3v) is 5.66. The Hall–Kier alpha value is -3.85. The molecule has 32 heavy (non-hydrogen) atoms. The summed E-state index contributed by atoms with van der Waals surface area (Å²) in [4.78, 5) is 35.3. The van der Waals surface area contributed by atoms with Crippen LogP contribution in [0.4, 0.5) is 0 Å². The molecule has 9 heteroatoms. The fourth-order valence-electron chi connectivity index (χ4n) is 4.01. The van der Waals surface area contributed by atoms with E-state index in [2.05, 4.69) is 10.3 Å². The fraction of sp³-hybridized carbons (Fsp3) is 0.261. The lowest BCUT2D eigenvalue weighted by atomic mass is 10.1. The molecule has 9 nitrogen and oxygen atoms in total. The third-order valence-electron chi connectivity index (χ3n) is 5.66. The average molecular weight is 430 g/mol. The van der Waals surface area contributed by atoms with Gasteiger partial charge in [-0.25, -0.2) is 4.98 Å². The van der Waals surface area contributed by atoms with Crippen molar-refractivity contribution < 1.29 is 9.53 Å². The van der Waals surface area contributed by atoms with E-state index in [0.29, 0.717) is 17.9 Å². The number of fused-ring (bicyclic) bond motifs is 2. The maximum absolute atomic E-state index is 13.4. The highest BCUT2D eigenvalue weighted by Gasteiger charge is 2.22. The minimum Gasteiger partial charge on any atom is -0.359 e. The zero-order valence-electron chi connectivity index (χ0n) is 17.5. The zero-order chi connectivity index (χ0) is 22.2. The standard InChI is InChI=1S/C23H22N6O3/c1-14-5-3-9-28-20(14)27-21-17(23(28)31)11-16(22(30)26-18-7-4-10-32-18)19(24)29(21)13-15-6-2-8-25-12-15/h2-3,5-6,8-9,11-12,18,24H,4,7,10,13H2,1H3,(H,26,30). The molecule has 0 saturated carbocycles. The van der Waals surface area contributed by atoms with Gasteiger partial charge >= 0.3 is 0 Å². The van der Waals surface area contributed by atoms with E-state index in [9.17, 15) is 9.59 Å². The zero-order valence-corrected chi connectivity index (χ0v) is 17.5. The number of ether oxygens (including phenoxy) is 1. The van der Waals surface area contributed by atoms with E-state index in [0.717, 1.165) is 24.0 Å². The van der Waals surface area contributed by atoms with Crippen molar-refractivity contribution in [3.8, 4) is 0 Å². The molecule has 0 bridgehead atoms. The molecule has 4 aromatic heterocycles. The van der Waals surface area contributed by atoms with E-state index >= 15 is 0 Å². The van der Waals surface area contributed by atoms with Crippen molar-refractivity contribution in [2.45, 2.75) is 32.5 Å². The van der Waals surface area contributed by atoms with Gasteiger partial charge in [-0.15, -0.1) is 0 Å². The van der Waals surface area contributed by atoms with Crippen molar-refractivity contribution in [1.29, 1.82) is 5.41 Å². The molecule has 4 aromatic rings. The number of aryl methyl sites for hydroxylation is 1. The first kappa shape index (κ1) is 20.1. The first-order chi connectivity index (χ1) is 15.5. The third kappa shape index (κ3) is 3.46. The first-order valence-corrected chi connectivity index (χ1v) is 10.4. The molecule has 5 heterocycles. The van der Waals surface area contributed by atoms with E-state index in [1.165, 1.54) is 10.5 Å². The Bertz CT molecular complexity index is 1450. The molecule has 1 amide bonds. The highest BCUT2D eigenvalue weighted by molar-refractivity contribution is 5.97. The summed E-state index contributed by atoms with van der Waals surface area (Å²) in [6.45, 7) is 2.72. The molecule has 0 aliphatic carbocycles. The summed E-state index contributed by atoms with van der Waals surface area (Å²) in [5, 5.41) is 11.9. The van der Waals surface area contributed by atoms with Crippen LogP contribution in [0.25, 0.3) is 16.7 Å². The molecule has 1 aliphatic rings. The fourth-order valence-corrected chi connectivity index (χ4v) is 4.01. The number of carbonyl (C=O) groups is 1. The van der Waals surface area contributed by atoms with Crippen molar-refractivity contribution in [2.24, 2.45) is 0 Å². The number of aromatic nitrogens is 4. The van der Waals surface area contributed by atoms with Gasteiger partial charge in [0.15, 0.2) is 0 Å². The van der Waals surface area contributed by atoms with E-state index in [1.54, 1.807) is 35.3 Å². The van der Waals surface area contributed by atoms with Crippen molar-refractivity contribution in [1.82, 2.24) is 24.3 Å². The summed E-state index contributed by atoms with van der Waals surface area (Å²) in [6.07, 6.45) is 6.22. The molecule has 162 valence electrons. The van der Waals surface area contributed by atoms with Gasteiger partial charge in [-0.05, 0) is 49.1 Å². The summed E-state index contributed by atoms with van der Waals surface area (Å²) in [6, 6.07) is 8.81. The van der Waals surface area contributed by atoms with Crippen LogP contribution < -0.4 is 16.4 Å². The maximum Gasteiger partial charge on any atom is 0.267 e. The molecule has 1 unspecified atom stereocenters. The molecule has 5 rings (SSSR count). The van der Waals surface area contributed by atoms with E-state index in [-0.39, 0.29) is 34.8 Å². The van der Waals surface area contributed by atoms with Gasteiger partial charge < -0.3 is 14.6 Å². The van der Waals surface area contributed by atoms with Crippen molar-refractivity contribution in [3.63, 3.8) is 0 Å². The monoisotopic (exact) mass is 430 g/mol. The van der Waals surface area contributed by atoms with Gasteiger partial charge in [0.1, 0.15) is 23.0 Å². The normalized spacial score (nSPS) is 16.0. The number of rotatable bonds is 4. The van der Waals surface area contributed by atoms with Gasteiger partial charge in [0.2, 0.25) is 0 Å². The van der Waals surface area contributed by atoms with E-state index in [1.807, 2.05) is 19.1 Å². The van der Waals surface area contributed by atoms with Gasteiger partial charge in [-0.1, -0.05) is 12.1 Å². The number of nitrogens with one attached hydrogen (secondary N) is 2. The number of pyridine rings is 3. The van der Waals surface area contributed by atoms with Crippen LogP contribution >= 0.6 is 0 Å². The Kier molecular flexibility index (Phi) is 5.02. The molecule has 0 spiro atoms. The molecular formula is C23H22N6O3. The van der Waals surface area contributed by atoms with Crippen molar-refractivity contribution in [2.75, 3.05) is 6.61 Å². The minimum absolute atomic E-state index is 0.0262. The van der Waals surface area contributed by atoms with Crippen LogP contribution in [0, 0.1) is 12.3 Å². The maximum atomic E-state index is 13.4. The van der Waals surface area contributed by atoms with Gasteiger partial charge in [-0.2, -0.15) is 0 Å². The van der Waals surface area contributed by atoms with Gasteiger partial charge in [0.05, 0.1) is 17.5 Å². The van der Waals surface area contributed by atoms with Crippen molar-refractivity contribution in [3.05, 3.63) is 81.5 Å². The predicted octanol–water partition coefficient (Wildman–Crippen LogP) is 1.75. The van der Waals surface area contributed by atoms with Gasteiger partial charge in [0.25, 0.3) is 11.5 Å². The van der Waals surface area contributed by atoms with Crippen LogP contribution in [-0.4, -0.2) is 37.7 Å². The summed E-state index contributed by atoms with van der Waals surface area (Å²) in [5.74, 6) is -0.447. The molecule has 1 fully saturated rings. The second-order valence-electron chi connectivity index (χ2n) is 7.87. The van der Waals surface area contributed by atoms with E-state index in [4.69, 9.17) is 15.1 Å². The second kappa shape index (κ2) is 8.01. The average Bonchev–Trinajstić information content (AvgIpc) is 3.30. The summed E-state index contributed by atoms with van der Waals surface area (Å²) < 4.78 is 8.56. The molecule has 0 aromatic carbocycles. The summed E-state index contributed by atoms with van der Waals surface area (Å²) in [7, 11) is 0. The number of hydrogen-bond donors (Lipinski definition) is 2. The van der Waals surface area contributed by atoms with Crippen LogP contribution in [-0.2, 0) is 11.3 Å².